The van der Waals surface area contributed by atoms with Crippen LogP contribution in [0.5, 0.6) is 0 Å². The summed E-state index contributed by atoms with van der Waals surface area (Å²) >= 11 is 5.94. The van der Waals surface area contributed by atoms with Crippen LogP contribution in [0.2, 0.25) is 5.15 Å². The van der Waals surface area contributed by atoms with E-state index in [1.165, 1.54) is 5.56 Å². The third-order valence-electron chi connectivity index (χ3n) is 3.33. The summed E-state index contributed by atoms with van der Waals surface area (Å²) in [4.78, 5) is 18.2. The zero-order valence-electron chi connectivity index (χ0n) is 12.4. The summed E-state index contributed by atoms with van der Waals surface area (Å²) in [6, 6.07) is 11.2. The largest absolute Gasteiger partial charge is 0.373 e. The number of benzene rings is 1. The first-order valence-electron chi connectivity index (χ1n) is 6.77. The van der Waals surface area contributed by atoms with Crippen LogP contribution in [0.4, 0.5) is 11.5 Å². The number of pyridine rings is 1. The molecule has 5 heteroatoms. The van der Waals surface area contributed by atoms with Crippen molar-refractivity contribution >= 4 is 29.0 Å². The van der Waals surface area contributed by atoms with Gasteiger partial charge >= 0.3 is 0 Å². The zero-order chi connectivity index (χ0) is 15.4. The van der Waals surface area contributed by atoms with Crippen LogP contribution in [0, 0.1) is 0 Å². The summed E-state index contributed by atoms with van der Waals surface area (Å²) in [5.74, 6) is 0.445. The van der Waals surface area contributed by atoms with Crippen LogP contribution in [0.15, 0.2) is 36.4 Å². The Balaban J connectivity index is 2.27. The predicted molar refractivity (Wildman–Crippen MR) is 87.3 cm³/mol. The van der Waals surface area contributed by atoms with Crippen molar-refractivity contribution in [3.05, 3.63) is 52.7 Å². The quantitative estimate of drug-likeness (QED) is 0.878. The summed E-state index contributed by atoms with van der Waals surface area (Å²) in [6.45, 7) is 2.10. The number of rotatable bonds is 4. The number of amides is 1. The number of nitrogens with one attached hydrogen (secondary N) is 1. The molecule has 1 amide bonds. The van der Waals surface area contributed by atoms with E-state index < -0.39 is 0 Å². The van der Waals surface area contributed by atoms with Crippen molar-refractivity contribution in [1.82, 2.24) is 4.98 Å². The van der Waals surface area contributed by atoms with Gasteiger partial charge in [0.05, 0.1) is 0 Å². The molecular formula is C16H18ClN3O. The average Bonchev–Trinajstić information content (AvgIpc) is 2.52. The number of carbonyl (C=O) groups is 1. The molecule has 0 radical (unpaired) electrons. The molecule has 1 aromatic carbocycles. The third-order valence-corrected chi connectivity index (χ3v) is 3.53. The van der Waals surface area contributed by atoms with Crippen molar-refractivity contribution in [1.29, 1.82) is 0 Å². The Bertz CT molecular complexity index is 640. The second-order valence-electron chi connectivity index (χ2n) is 4.70. The molecule has 0 bridgehead atoms. The summed E-state index contributed by atoms with van der Waals surface area (Å²) < 4.78 is 0. The molecule has 110 valence electrons. The maximum Gasteiger partial charge on any atom is 0.258 e. The molecule has 0 spiro atoms. The Kier molecular flexibility index (Phi) is 4.81. The number of halogens is 1. The average molecular weight is 304 g/mol. The van der Waals surface area contributed by atoms with E-state index >= 15 is 0 Å². The molecule has 1 N–H and O–H groups in total. The molecule has 0 aliphatic carbocycles. The number of hydrogen-bond acceptors (Lipinski definition) is 3. The van der Waals surface area contributed by atoms with E-state index in [2.05, 4.69) is 17.2 Å². The topological polar surface area (TPSA) is 45.2 Å². The van der Waals surface area contributed by atoms with Crippen LogP contribution in [0.25, 0.3) is 0 Å². The van der Waals surface area contributed by atoms with Gasteiger partial charge in [-0.05, 0) is 36.2 Å². The fourth-order valence-corrected chi connectivity index (χ4v) is 2.22. The molecule has 0 aliphatic heterocycles. The Labute approximate surface area is 129 Å². The molecule has 2 rings (SSSR count). The molecule has 2 aromatic rings. The van der Waals surface area contributed by atoms with Gasteiger partial charge in [-0.3, -0.25) is 4.79 Å². The molecule has 4 nitrogen and oxygen atoms in total. The van der Waals surface area contributed by atoms with Crippen LogP contribution in [-0.4, -0.2) is 25.0 Å². The van der Waals surface area contributed by atoms with Gasteiger partial charge in [-0.1, -0.05) is 30.7 Å². The lowest BCUT2D eigenvalue weighted by molar-refractivity contribution is 0.0993. The molecule has 21 heavy (non-hydrogen) atoms. The molecule has 1 heterocycles. The minimum Gasteiger partial charge on any atom is -0.373 e. The number of aromatic nitrogens is 1. The van der Waals surface area contributed by atoms with E-state index in [9.17, 15) is 4.79 Å². The smallest absolute Gasteiger partial charge is 0.258 e. The second kappa shape index (κ2) is 6.59. The van der Waals surface area contributed by atoms with Crippen LogP contribution in [0.3, 0.4) is 0 Å². The van der Waals surface area contributed by atoms with E-state index in [0.29, 0.717) is 16.5 Å². The minimum atomic E-state index is -0.125. The number of anilines is 2. The standard InChI is InChI=1S/C16H18ClN3O/c1-4-11-5-7-13(8-6-11)20(3)16(21)12-9-14(17)19-15(10-12)18-2/h5-10H,4H2,1-3H3,(H,18,19). The summed E-state index contributed by atoms with van der Waals surface area (Å²) in [5.41, 5.74) is 2.58. The first-order valence-corrected chi connectivity index (χ1v) is 7.15. The number of carbonyl (C=O) groups excluding carboxylic acids is 1. The number of hydrogen-bond donors (Lipinski definition) is 1. The third kappa shape index (κ3) is 3.52. The summed E-state index contributed by atoms with van der Waals surface area (Å²) in [6.07, 6.45) is 0.976. The predicted octanol–water partition coefficient (Wildman–Crippen LogP) is 3.62. The number of aryl methyl sites for hydroxylation is 1. The molecule has 0 atom stereocenters. The summed E-state index contributed by atoms with van der Waals surface area (Å²) in [5, 5.41) is 3.18. The van der Waals surface area contributed by atoms with Gasteiger partial charge in [0.15, 0.2) is 0 Å². The van der Waals surface area contributed by atoms with Crippen LogP contribution >= 0.6 is 11.6 Å². The Morgan fingerprint density at radius 2 is 1.95 bits per heavy atom. The lowest BCUT2D eigenvalue weighted by Crippen LogP contribution is -2.26. The minimum absolute atomic E-state index is 0.125. The number of nitrogens with zero attached hydrogens (tertiary/aromatic N) is 2. The molecule has 1 aromatic heterocycles. The van der Waals surface area contributed by atoms with Crippen molar-refractivity contribution in [2.24, 2.45) is 0 Å². The lowest BCUT2D eigenvalue weighted by Gasteiger charge is -2.18. The van der Waals surface area contributed by atoms with E-state index in [4.69, 9.17) is 11.6 Å². The van der Waals surface area contributed by atoms with Gasteiger partial charge in [0.25, 0.3) is 5.91 Å². The fourth-order valence-electron chi connectivity index (χ4n) is 2.01. The highest BCUT2D eigenvalue weighted by atomic mass is 35.5. The van der Waals surface area contributed by atoms with Gasteiger partial charge in [0.1, 0.15) is 11.0 Å². The highest BCUT2D eigenvalue weighted by Crippen LogP contribution is 2.20. The molecular weight excluding hydrogens is 286 g/mol. The van der Waals surface area contributed by atoms with E-state index in [1.807, 2.05) is 24.3 Å². The van der Waals surface area contributed by atoms with Gasteiger partial charge in [0.2, 0.25) is 0 Å². The molecule has 0 aliphatic rings. The van der Waals surface area contributed by atoms with E-state index in [-0.39, 0.29) is 5.91 Å². The first kappa shape index (κ1) is 15.3. The molecule has 0 unspecified atom stereocenters. The first-order chi connectivity index (χ1) is 10.0. The monoisotopic (exact) mass is 303 g/mol. The summed E-state index contributed by atoms with van der Waals surface area (Å²) in [7, 11) is 3.48. The zero-order valence-corrected chi connectivity index (χ0v) is 13.1. The SMILES string of the molecule is CCc1ccc(N(C)C(=O)c2cc(Cl)nc(NC)c2)cc1. The van der Waals surface area contributed by atoms with Gasteiger partial charge in [0, 0.05) is 25.3 Å². The van der Waals surface area contributed by atoms with E-state index in [1.54, 1.807) is 31.1 Å². The molecule has 0 fully saturated rings. The molecule has 0 saturated heterocycles. The Hall–Kier alpha value is -2.07. The van der Waals surface area contributed by atoms with Crippen molar-refractivity contribution in [2.45, 2.75) is 13.3 Å². The van der Waals surface area contributed by atoms with Gasteiger partial charge < -0.3 is 10.2 Å². The van der Waals surface area contributed by atoms with Crippen LogP contribution in [0.1, 0.15) is 22.8 Å². The maximum absolute atomic E-state index is 12.5. The Morgan fingerprint density at radius 1 is 1.29 bits per heavy atom. The van der Waals surface area contributed by atoms with E-state index in [0.717, 1.165) is 12.1 Å². The Morgan fingerprint density at radius 3 is 2.52 bits per heavy atom. The maximum atomic E-state index is 12.5. The second-order valence-corrected chi connectivity index (χ2v) is 5.09. The highest BCUT2D eigenvalue weighted by Gasteiger charge is 2.15. The fraction of sp³-hybridized carbons (Fsp3) is 0.250. The van der Waals surface area contributed by atoms with Crippen molar-refractivity contribution in [2.75, 3.05) is 24.3 Å². The van der Waals surface area contributed by atoms with Crippen LogP contribution in [-0.2, 0) is 6.42 Å². The van der Waals surface area contributed by atoms with Crippen LogP contribution < -0.4 is 10.2 Å². The van der Waals surface area contributed by atoms with Gasteiger partial charge in [-0.25, -0.2) is 4.98 Å². The van der Waals surface area contributed by atoms with Crippen molar-refractivity contribution in [3.8, 4) is 0 Å². The highest BCUT2D eigenvalue weighted by molar-refractivity contribution is 6.30. The lowest BCUT2D eigenvalue weighted by atomic mass is 10.1. The van der Waals surface area contributed by atoms with Gasteiger partial charge in [-0.15, -0.1) is 0 Å². The normalized spacial score (nSPS) is 10.3. The van der Waals surface area contributed by atoms with Crippen molar-refractivity contribution < 1.29 is 4.79 Å². The molecule has 0 saturated carbocycles. The van der Waals surface area contributed by atoms with Gasteiger partial charge in [-0.2, -0.15) is 0 Å². The van der Waals surface area contributed by atoms with Crippen molar-refractivity contribution in [3.63, 3.8) is 0 Å².